The molecule has 6 nitrogen and oxygen atoms in total. The molecule has 152 valence electrons. The first-order valence-electron chi connectivity index (χ1n) is 9.56. The number of hydrogen-bond acceptors (Lipinski definition) is 4. The molecular weight excluding hydrogens is 370 g/mol. The summed E-state index contributed by atoms with van der Waals surface area (Å²) in [6, 6.07) is 7.64. The summed E-state index contributed by atoms with van der Waals surface area (Å²) in [5.41, 5.74) is 0. The highest BCUT2D eigenvalue weighted by molar-refractivity contribution is 6.30. The molecule has 1 fully saturated rings. The summed E-state index contributed by atoms with van der Waals surface area (Å²) in [6.45, 7) is 4.72. The van der Waals surface area contributed by atoms with E-state index in [2.05, 4.69) is 4.90 Å². The van der Waals surface area contributed by atoms with Crippen LogP contribution in [0.15, 0.2) is 24.3 Å². The molecule has 0 atom stereocenters. The van der Waals surface area contributed by atoms with E-state index >= 15 is 0 Å². The van der Waals surface area contributed by atoms with Gasteiger partial charge in [0.15, 0.2) is 0 Å². The Kier molecular flexibility index (Phi) is 12.3. The number of ether oxygens (including phenoxy) is 1. The third-order valence-corrected chi connectivity index (χ3v) is 4.55. The lowest BCUT2D eigenvalue weighted by atomic mass is 10.2. The third kappa shape index (κ3) is 12.3. The van der Waals surface area contributed by atoms with Crippen molar-refractivity contribution in [3.05, 3.63) is 29.3 Å². The van der Waals surface area contributed by atoms with Crippen LogP contribution in [0, 0.1) is 0 Å². The van der Waals surface area contributed by atoms with E-state index in [9.17, 15) is 0 Å². The number of carbonyl (C=O) groups is 2. The van der Waals surface area contributed by atoms with Crippen LogP contribution >= 0.6 is 11.6 Å². The number of benzene rings is 1. The van der Waals surface area contributed by atoms with Gasteiger partial charge in [0.05, 0.1) is 6.61 Å². The Morgan fingerprint density at radius 3 is 2.19 bits per heavy atom. The van der Waals surface area contributed by atoms with Crippen LogP contribution in [0.4, 0.5) is 0 Å². The van der Waals surface area contributed by atoms with Crippen LogP contribution in [0.5, 0.6) is 5.75 Å². The maximum atomic E-state index is 9.10. The largest absolute Gasteiger partial charge is 0.494 e. The molecule has 2 N–H and O–H groups in total. The molecule has 0 radical (unpaired) electrons. The van der Waals surface area contributed by atoms with E-state index in [4.69, 9.17) is 36.1 Å². The van der Waals surface area contributed by atoms with Crippen LogP contribution in [-0.2, 0) is 9.59 Å². The van der Waals surface area contributed by atoms with Crippen molar-refractivity contribution < 1.29 is 24.5 Å². The molecule has 0 spiro atoms. The molecule has 0 saturated carbocycles. The first-order chi connectivity index (χ1) is 13.0. The summed E-state index contributed by atoms with van der Waals surface area (Å²) in [5, 5.41) is 15.5. The molecule has 1 aliphatic heterocycles. The molecule has 7 heteroatoms. The van der Waals surface area contributed by atoms with Gasteiger partial charge in [-0.05, 0) is 63.5 Å². The predicted octanol–water partition coefficient (Wildman–Crippen LogP) is 4.31. The van der Waals surface area contributed by atoms with Crippen molar-refractivity contribution in [3.8, 4) is 5.75 Å². The summed E-state index contributed by atoms with van der Waals surface area (Å²) in [4.78, 5) is 20.8. The number of carboxylic acid groups (broad SMARTS) is 2. The molecule has 0 unspecified atom stereocenters. The van der Waals surface area contributed by atoms with Gasteiger partial charge in [-0.3, -0.25) is 0 Å². The van der Waals surface area contributed by atoms with Crippen molar-refractivity contribution in [1.29, 1.82) is 0 Å². The zero-order valence-corrected chi connectivity index (χ0v) is 16.5. The number of halogens is 1. The van der Waals surface area contributed by atoms with Crippen molar-refractivity contribution in [1.82, 2.24) is 4.90 Å². The molecule has 1 aliphatic rings. The van der Waals surface area contributed by atoms with Gasteiger partial charge >= 0.3 is 11.9 Å². The topological polar surface area (TPSA) is 87.1 Å². The number of carboxylic acids is 2. The zero-order valence-electron chi connectivity index (χ0n) is 15.7. The summed E-state index contributed by atoms with van der Waals surface area (Å²) < 4.78 is 5.71. The average Bonchev–Trinajstić information content (AvgIpc) is 2.90. The van der Waals surface area contributed by atoms with Crippen LogP contribution in [0.25, 0.3) is 0 Å². The van der Waals surface area contributed by atoms with Crippen molar-refractivity contribution >= 4 is 23.5 Å². The van der Waals surface area contributed by atoms with Gasteiger partial charge in [-0.1, -0.05) is 43.4 Å². The van der Waals surface area contributed by atoms with E-state index in [1.807, 2.05) is 24.3 Å². The quantitative estimate of drug-likeness (QED) is 0.500. The highest BCUT2D eigenvalue weighted by Crippen LogP contribution is 2.17. The molecule has 0 amide bonds. The molecule has 27 heavy (non-hydrogen) atoms. The smallest absolute Gasteiger partial charge is 0.414 e. The number of unbranched alkanes of at least 4 members (excludes halogenated alkanes) is 3. The summed E-state index contributed by atoms with van der Waals surface area (Å²) in [7, 11) is 0. The fourth-order valence-corrected chi connectivity index (χ4v) is 3.08. The summed E-state index contributed by atoms with van der Waals surface area (Å²) >= 11 is 5.93. The van der Waals surface area contributed by atoms with Crippen LogP contribution in [0.1, 0.15) is 51.4 Å². The Bertz CT molecular complexity index is 547. The van der Waals surface area contributed by atoms with E-state index in [1.165, 1.54) is 64.6 Å². The zero-order chi connectivity index (χ0) is 19.9. The molecule has 2 rings (SSSR count). The molecule has 0 aromatic heterocycles. The number of likely N-dealkylation sites (tertiary alicyclic amines) is 1. The minimum Gasteiger partial charge on any atom is -0.494 e. The number of aliphatic carboxylic acids is 2. The third-order valence-electron chi connectivity index (χ3n) is 4.32. The molecule has 1 aromatic rings. The van der Waals surface area contributed by atoms with Gasteiger partial charge in [-0.2, -0.15) is 0 Å². The molecule has 0 bridgehead atoms. The average molecular weight is 400 g/mol. The van der Waals surface area contributed by atoms with Gasteiger partial charge in [0.2, 0.25) is 0 Å². The number of nitrogens with zero attached hydrogens (tertiary/aromatic N) is 1. The molecule has 0 aliphatic carbocycles. The first kappa shape index (κ1) is 23.2. The monoisotopic (exact) mass is 399 g/mol. The van der Waals surface area contributed by atoms with E-state index in [0.717, 1.165) is 23.8 Å². The second-order valence-corrected chi connectivity index (χ2v) is 7.02. The minimum absolute atomic E-state index is 0.741. The van der Waals surface area contributed by atoms with E-state index in [0.29, 0.717) is 0 Å². The maximum absolute atomic E-state index is 9.10. The van der Waals surface area contributed by atoms with Gasteiger partial charge in [0.25, 0.3) is 0 Å². The lowest BCUT2D eigenvalue weighted by Crippen LogP contribution is -2.25. The second-order valence-electron chi connectivity index (χ2n) is 6.59. The van der Waals surface area contributed by atoms with Crippen LogP contribution < -0.4 is 4.74 Å². The van der Waals surface area contributed by atoms with E-state index in [-0.39, 0.29) is 0 Å². The Morgan fingerprint density at radius 1 is 0.963 bits per heavy atom. The SMILES string of the molecule is Clc1cccc(OCCCCCCN2CCCCCC2)c1.O=C(O)C(=O)O. The first-order valence-corrected chi connectivity index (χ1v) is 9.94. The van der Waals surface area contributed by atoms with Gasteiger partial charge in [0.1, 0.15) is 5.75 Å². The van der Waals surface area contributed by atoms with Gasteiger partial charge in [0, 0.05) is 5.02 Å². The van der Waals surface area contributed by atoms with Crippen LogP contribution in [-0.4, -0.2) is 53.3 Å². The lowest BCUT2D eigenvalue weighted by Gasteiger charge is -2.19. The Labute approximate surface area is 166 Å². The van der Waals surface area contributed by atoms with Crippen molar-refractivity contribution in [2.75, 3.05) is 26.2 Å². The highest BCUT2D eigenvalue weighted by Gasteiger charge is 2.07. The molecule has 1 heterocycles. The van der Waals surface area contributed by atoms with Crippen molar-refractivity contribution in [2.45, 2.75) is 51.4 Å². The standard InChI is InChI=1S/C18H28ClNO.C2H2O4/c19-17-10-9-11-18(16-17)21-15-8-4-3-7-14-20-12-5-1-2-6-13-20;3-1(4)2(5)6/h9-11,16H,1-8,12-15H2;(H,3,4)(H,5,6). The van der Waals surface area contributed by atoms with Crippen LogP contribution in [0.2, 0.25) is 5.02 Å². The number of hydrogen-bond donors (Lipinski definition) is 2. The molecule has 1 saturated heterocycles. The van der Waals surface area contributed by atoms with Crippen molar-refractivity contribution in [2.24, 2.45) is 0 Å². The van der Waals surface area contributed by atoms with Gasteiger partial charge in [-0.15, -0.1) is 0 Å². The lowest BCUT2D eigenvalue weighted by molar-refractivity contribution is -0.159. The van der Waals surface area contributed by atoms with Crippen molar-refractivity contribution in [3.63, 3.8) is 0 Å². The molecule has 1 aromatic carbocycles. The normalized spacial score (nSPS) is 14.6. The summed E-state index contributed by atoms with van der Waals surface area (Å²) in [6.07, 6.45) is 10.7. The van der Waals surface area contributed by atoms with E-state index < -0.39 is 11.9 Å². The van der Waals surface area contributed by atoms with E-state index in [1.54, 1.807) is 0 Å². The Balaban J connectivity index is 0.000000527. The van der Waals surface area contributed by atoms with Gasteiger partial charge < -0.3 is 19.8 Å². The van der Waals surface area contributed by atoms with Gasteiger partial charge in [-0.25, -0.2) is 9.59 Å². The fraction of sp³-hybridized carbons (Fsp3) is 0.600. The maximum Gasteiger partial charge on any atom is 0.414 e. The Hall–Kier alpha value is -1.79. The van der Waals surface area contributed by atoms with Crippen LogP contribution in [0.3, 0.4) is 0 Å². The minimum atomic E-state index is -1.82. The summed E-state index contributed by atoms with van der Waals surface area (Å²) in [5.74, 6) is -2.77. The number of rotatable bonds is 8. The Morgan fingerprint density at radius 2 is 1.59 bits per heavy atom. The fourth-order valence-electron chi connectivity index (χ4n) is 2.90. The second kappa shape index (κ2) is 14.3. The predicted molar refractivity (Wildman–Crippen MR) is 106 cm³/mol. The molecular formula is C20H30ClNO5. The highest BCUT2D eigenvalue weighted by atomic mass is 35.5.